The predicted molar refractivity (Wildman–Crippen MR) is 84.0 cm³/mol. The summed E-state index contributed by atoms with van der Waals surface area (Å²) in [6.07, 6.45) is 1.26. The third-order valence-electron chi connectivity index (χ3n) is 3.82. The van der Waals surface area contributed by atoms with Crippen LogP contribution >= 0.6 is 11.6 Å². The highest BCUT2D eigenvalue weighted by atomic mass is 35.5. The largest absolute Gasteiger partial charge is 0.365 e. The van der Waals surface area contributed by atoms with E-state index in [-0.39, 0.29) is 12.0 Å². The summed E-state index contributed by atoms with van der Waals surface area (Å²) in [5.41, 5.74) is 0.828. The van der Waals surface area contributed by atoms with E-state index in [9.17, 15) is 4.79 Å². The zero-order chi connectivity index (χ0) is 16.4. The Kier molecular flexibility index (Phi) is 4.63. The molecule has 2 heterocycles. The number of carbonyl (C=O) groups is 1. The van der Waals surface area contributed by atoms with Crippen molar-refractivity contribution in [3.8, 4) is 0 Å². The van der Waals surface area contributed by atoms with Crippen LogP contribution < -0.4 is 5.32 Å². The van der Waals surface area contributed by atoms with E-state index in [4.69, 9.17) is 20.9 Å². The van der Waals surface area contributed by atoms with E-state index in [0.29, 0.717) is 23.2 Å². The maximum Gasteiger partial charge on any atom is 0.250 e. The van der Waals surface area contributed by atoms with Gasteiger partial charge in [0.2, 0.25) is 11.8 Å². The number of halogens is 1. The Labute approximate surface area is 139 Å². The zero-order valence-corrected chi connectivity index (χ0v) is 13.7. The van der Waals surface area contributed by atoms with Crippen LogP contribution in [0.5, 0.6) is 0 Å². The van der Waals surface area contributed by atoms with Gasteiger partial charge in [0, 0.05) is 11.9 Å². The monoisotopic (exact) mass is 335 g/mol. The van der Waals surface area contributed by atoms with E-state index in [1.54, 1.807) is 19.1 Å². The van der Waals surface area contributed by atoms with Gasteiger partial charge >= 0.3 is 0 Å². The molecule has 3 unspecified atom stereocenters. The second-order valence-corrected chi connectivity index (χ2v) is 6.11. The molecule has 1 saturated heterocycles. The summed E-state index contributed by atoms with van der Waals surface area (Å²) >= 11 is 5.93. The highest BCUT2D eigenvalue weighted by Gasteiger charge is 2.31. The number of hydrogen-bond donors (Lipinski definition) is 1. The average Bonchev–Trinajstić information content (AvgIpc) is 3.14. The molecule has 2 aromatic rings. The van der Waals surface area contributed by atoms with Gasteiger partial charge in [-0.1, -0.05) is 28.9 Å². The number of aryl methyl sites for hydroxylation is 1. The summed E-state index contributed by atoms with van der Waals surface area (Å²) in [4.78, 5) is 16.7. The normalized spacial score (nSPS) is 22.0. The van der Waals surface area contributed by atoms with Crippen molar-refractivity contribution < 1.29 is 14.1 Å². The molecule has 3 atom stereocenters. The van der Waals surface area contributed by atoms with Gasteiger partial charge in [0.05, 0.1) is 6.10 Å². The Bertz CT molecular complexity index is 686. The van der Waals surface area contributed by atoms with Crippen LogP contribution in [0.2, 0.25) is 5.02 Å². The molecule has 6 nitrogen and oxygen atoms in total. The summed E-state index contributed by atoms with van der Waals surface area (Å²) < 4.78 is 10.7. The van der Waals surface area contributed by atoms with E-state index in [1.165, 1.54) is 0 Å². The highest BCUT2D eigenvalue weighted by Crippen LogP contribution is 2.24. The second kappa shape index (κ2) is 6.68. The van der Waals surface area contributed by atoms with Crippen molar-refractivity contribution in [2.75, 3.05) is 0 Å². The van der Waals surface area contributed by atoms with Gasteiger partial charge in [-0.15, -0.1) is 0 Å². The minimum Gasteiger partial charge on any atom is -0.365 e. The fraction of sp³-hybridized carbons (Fsp3) is 0.438. The lowest BCUT2D eigenvalue weighted by Crippen LogP contribution is -2.38. The first-order valence-electron chi connectivity index (χ1n) is 7.54. The van der Waals surface area contributed by atoms with Crippen molar-refractivity contribution in [2.24, 2.45) is 0 Å². The van der Waals surface area contributed by atoms with Gasteiger partial charge < -0.3 is 14.6 Å². The lowest BCUT2D eigenvalue weighted by atomic mass is 10.1. The topological polar surface area (TPSA) is 77.2 Å². The molecule has 0 bridgehead atoms. The molecule has 23 heavy (non-hydrogen) atoms. The summed E-state index contributed by atoms with van der Waals surface area (Å²) in [6, 6.07) is 6.68. The van der Waals surface area contributed by atoms with Crippen molar-refractivity contribution in [1.82, 2.24) is 15.5 Å². The molecule has 1 fully saturated rings. The molecule has 1 aromatic heterocycles. The van der Waals surface area contributed by atoms with Gasteiger partial charge in [-0.2, -0.15) is 4.98 Å². The number of ether oxygens (including phenoxy) is 1. The number of hydrogen-bond acceptors (Lipinski definition) is 5. The van der Waals surface area contributed by atoms with Gasteiger partial charge in [0.1, 0.15) is 12.1 Å². The van der Waals surface area contributed by atoms with Crippen molar-refractivity contribution in [2.45, 2.75) is 44.9 Å². The predicted octanol–water partition coefficient (Wildman–Crippen LogP) is 2.80. The van der Waals surface area contributed by atoms with Crippen LogP contribution in [0.3, 0.4) is 0 Å². The van der Waals surface area contributed by atoms with Gasteiger partial charge in [0.25, 0.3) is 0 Å². The van der Waals surface area contributed by atoms with Gasteiger partial charge in [-0.25, -0.2) is 0 Å². The minimum absolute atomic E-state index is 0.104. The Balaban J connectivity index is 1.83. The number of nitrogens with one attached hydrogen (secondary N) is 1. The van der Waals surface area contributed by atoms with Gasteiger partial charge in [-0.05, 0) is 37.5 Å². The average molecular weight is 336 g/mol. The van der Waals surface area contributed by atoms with Crippen molar-refractivity contribution in [1.29, 1.82) is 0 Å². The number of amides is 1. The van der Waals surface area contributed by atoms with Crippen LogP contribution in [0, 0.1) is 6.92 Å². The van der Waals surface area contributed by atoms with E-state index in [0.717, 1.165) is 12.0 Å². The fourth-order valence-electron chi connectivity index (χ4n) is 2.62. The lowest BCUT2D eigenvalue weighted by Gasteiger charge is -2.19. The first-order valence-corrected chi connectivity index (χ1v) is 7.92. The maximum absolute atomic E-state index is 12.5. The first kappa shape index (κ1) is 16.0. The molecule has 0 saturated carbocycles. The Morgan fingerprint density at radius 1 is 1.35 bits per heavy atom. The molecule has 1 aliphatic rings. The molecule has 1 aromatic carbocycles. The molecule has 7 heteroatoms. The van der Waals surface area contributed by atoms with Crippen molar-refractivity contribution >= 4 is 17.5 Å². The molecule has 0 spiro atoms. The quantitative estimate of drug-likeness (QED) is 0.929. The van der Waals surface area contributed by atoms with Crippen LogP contribution in [0.15, 0.2) is 28.8 Å². The molecular weight excluding hydrogens is 318 g/mol. The van der Waals surface area contributed by atoms with E-state index in [1.807, 2.05) is 19.1 Å². The first-order chi connectivity index (χ1) is 11.0. The zero-order valence-electron chi connectivity index (χ0n) is 13.0. The SMILES string of the molecule is Cc1nc(C(NC(=O)C2CCC(C)O2)c2ccc(Cl)cc2)no1. The van der Waals surface area contributed by atoms with Crippen molar-refractivity contribution in [3.63, 3.8) is 0 Å². The maximum atomic E-state index is 12.5. The van der Waals surface area contributed by atoms with Crippen molar-refractivity contribution in [3.05, 3.63) is 46.6 Å². The van der Waals surface area contributed by atoms with Crippen LogP contribution in [0.25, 0.3) is 0 Å². The van der Waals surface area contributed by atoms with E-state index >= 15 is 0 Å². The third-order valence-corrected chi connectivity index (χ3v) is 4.07. The number of aromatic nitrogens is 2. The van der Waals surface area contributed by atoms with Crippen LogP contribution in [-0.4, -0.2) is 28.3 Å². The fourth-order valence-corrected chi connectivity index (χ4v) is 2.74. The van der Waals surface area contributed by atoms with Crippen LogP contribution in [0.4, 0.5) is 0 Å². The molecular formula is C16H18ClN3O3. The Morgan fingerprint density at radius 3 is 2.65 bits per heavy atom. The minimum atomic E-state index is -0.503. The summed E-state index contributed by atoms with van der Waals surface area (Å²) in [7, 11) is 0. The van der Waals surface area contributed by atoms with E-state index in [2.05, 4.69) is 15.5 Å². The van der Waals surface area contributed by atoms with Crippen LogP contribution in [0.1, 0.15) is 43.1 Å². The van der Waals surface area contributed by atoms with E-state index < -0.39 is 12.1 Å². The third kappa shape index (κ3) is 3.71. The number of rotatable bonds is 4. The lowest BCUT2D eigenvalue weighted by molar-refractivity contribution is -0.132. The Morgan fingerprint density at radius 2 is 2.09 bits per heavy atom. The smallest absolute Gasteiger partial charge is 0.250 e. The number of nitrogens with zero attached hydrogens (tertiary/aromatic N) is 2. The standard InChI is InChI=1S/C16H18ClN3O3/c1-9-3-8-13(22-9)16(21)19-14(15-18-10(2)23-20-15)11-4-6-12(17)7-5-11/h4-7,9,13-14H,3,8H2,1-2H3,(H,19,21). The number of benzene rings is 1. The summed E-state index contributed by atoms with van der Waals surface area (Å²) in [6.45, 7) is 3.67. The van der Waals surface area contributed by atoms with Gasteiger partial charge in [0.15, 0.2) is 5.82 Å². The second-order valence-electron chi connectivity index (χ2n) is 5.68. The highest BCUT2D eigenvalue weighted by molar-refractivity contribution is 6.30. The van der Waals surface area contributed by atoms with Gasteiger partial charge in [-0.3, -0.25) is 4.79 Å². The molecule has 0 aliphatic carbocycles. The summed E-state index contributed by atoms with van der Waals surface area (Å²) in [5, 5.41) is 7.51. The van der Waals surface area contributed by atoms with Crippen LogP contribution in [-0.2, 0) is 9.53 Å². The molecule has 1 N–H and O–H groups in total. The molecule has 122 valence electrons. The molecule has 1 aliphatic heterocycles. The molecule has 3 rings (SSSR count). The Hall–Kier alpha value is -1.92. The number of carbonyl (C=O) groups excluding carboxylic acids is 1. The molecule has 0 radical (unpaired) electrons. The summed E-state index contributed by atoms with van der Waals surface area (Å²) in [5.74, 6) is 0.680. The molecule has 1 amide bonds.